The Bertz CT molecular complexity index is 506. The SMILES string of the molecule is CCC(=O)ON1C(=O)CC(Sc2ccccn2)C1=O. The fourth-order valence-corrected chi connectivity index (χ4v) is 2.49. The number of nitrogens with zero attached hydrogens (tertiary/aromatic N) is 2. The lowest BCUT2D eigenvalue weighted by atomic mass is 10.4. The molecule has 0 spiro atoms. The lowest BCUT2D eigenvalue weighted by Gasteiger charge is -2.12. The Morgan fingerprint density at radius 1 is 1.53 bits per heavy atom. The van der Waals surface area contributed by atoms with Crippen molar-refractivity contribution in [2.24, 2.45) is 0 Å². The van der Waals surface area contributed by atoms with Crippen molar-refractivity contribution in [3.63, 3.8) is 0 Å². The van der Waals surface area contributed by atoms with Gasteiger partial charge in [0.15, 0.2) is 0 Å². The van der Waals surface area contributed by atoms with E-state index in [2.05, 4.69) is 4.98 Å². The van der Waals surface area contributed by atoms with Crippen molar-refractivity contribution in [2.45, 2.75) is 30.0 Å². The molecule has 0 radical (unpaired) electrons. The molecule has 1 unspecified atom stereocenters. The van der Waals surface area contributed by atoms with Crippen LogP contribution in [-0.4, -0.2) is 33.1 Å². The van der Waals surface area contributed by atoms with Gasteiger partial charge < -0.3 is 4.84 Å². The van der Waals surface area contributed by atoms with E-state index in [9.17, 15) is 14.4 Å². The van der Waals surface area contributed by atoms with E-state index in [1.54, 1.807) is 31.3 Å². The molecule has 2 amide bonds. The zero-order valence-electron chi connectivity index (χ0n) is 10.2. The summed E-state index contributed by atoms with van der Waals surface area (Å²) in [6.07, 6.45) is 1.73. The molecule has 1 atom stereocenters. The third-order valence-electron chi connectivity index (χ3n) is 2.44. The van der Waals surface area contributed by atoms with E-state index in [0.717, 1.165) is 0 Å². The molecule has 1 aliphatic rings. The van der Waals surface area contributed by atoms with Crippen molar-refractivity contribution in [1.29, 1.82) is 0 Å². The molecule has 1 aromatic heterocycles. The monoisotopic (exact) mass is 280 g/mol. The second-order valence-electron chi connectivity index (χ2n) is 3.82. The van der Waals surface area contributed by atoms with Crippen molar-refractivity contribution in [3.8, 4) is 0 Å². The minimum atomic E-state index is -0.606. The molecule has 1 saturated heterocycles. The highest BCUT2D eigenvalue weighted by molar-refractivity contribution is 8.00. The maximum absolute atomic E-state index is 12.0. The number of thioether (sulfide) groups is 1. The normalized spacial score (nSPS) is 18.8. The number of amides is 2. The van der Waals surface area contributed by atoms with Gasteiger partial charge >= 0.3 is 5.97 Å². The summed E-state index contributed by atoms with van der Waals surface area (Å²) in [5.41, 5.74) is 0. The Morgan fingerprint density at radius 2 is 2.32 bits per heavy atom. The van der Waals surface area contributed by atoms with Crippen LogP contribution in [0.2, 0.25) is 0 Å². The average molecular weight is 280 g/mol. The summed E-state index contributed by atoms with van der Waals surface area (Å²) in [5, 5.41) is 0.622. The minimum absolute atomic E-state index is 0.0110. The first-order valence-electron chi connectivity index (χ1n) is 5.77. The third-order valence-corrected chi connectivity index (χ3v) is 3.58. The summed E-state index contributed by atoms with van der Waals surface area (Å²) in [6, 6.07) is 5.32. The molecule has 0 aromatic carbocycles. The second-order valence-corrected chi connectivity index (χ2v) is 5.04. The van der Waals surface area contributed by atoms with Crippen LogP contribution in [0.4, 0.5) is 0 Å². The summed E-state index contributed by atoms with van der Waals surface area (Å²) in [5.74, 6) is -1.62. The van der Waals surface area contributed by atoms with Crippen LogP contribution in [0, 0.1) is 0 Å². The lowest BCUT2D eigenvalue weighted by Crippen LogP contribution is -2.33. The first-order chi connectivity index (χ1) is 9.11. The minimum Gasteiger partial charge on any atom is -0.330 e. The van der Waals surface area contributed by atoms with E-state index in [0.29, 0.717) is 10.1 Å². The van der Waals surface area contributed by atoms with Crippen molar-refractivity contribution in [1.82, 2.24) is 10.0 Å². The van der Waals surface area contributed by atoms with Gasteiger partial charge in [-0.15, -0.1) is 5.06 Å². The van der Waals surface area contributed by atoms with Gasteiger partial charge in [0.2, 0.25) is 0 Å². The molecule has 0 N–H and O–H groups in total. The Morgan fingerprint density at radius 3 is 2.95 bits per heavy atom. The van der Waals surface area contributed by atoms with Crippen molar-refractivity contribution >= 4 is 29.5 Å². The number of pyridine rings is 1. The lowest BCUT2D eigenvalue weighted by molar-refractivity contribution is -0.197. The fourth-order valence-electron chi connectivity index (χ4n) is 1.50. The highest BCUT2D eigenvalue weighted by Gasteiger charge is 2.42. The van der Waals surface area contributed by atoms with Crippen LogP contribution in [0.1, 0.15) is 19.8 Å². The number of aromatic nitrogens is 1. The molecule has 19 heavy (non-hydrogen) atoms. The molecule has 7 heteroatoms. The number of hydroxylamine groups is 2. The van der Waals surface area contributed by atoms with E-state index < -0.39 is 23.0 Å². The molecule has 100 valence electrons. The van der Waals surface area contributed by atoms with Gasteiger partial charge in [-0.2, -0.15) is 0 Å². The van der Waals surface area contributed by atoms with Crippen LogP contribution in [-0.2, 0) is 19.2 Å². The summed E-state index contributed by atoms with van der Waals surface area (Å²) < 4.78 is 0. The first-order valence-corrected chi connectivity index (χ1v) is 6.65. The first kappa shape index (κ1) is 13.5. The van der Waals surface area contributed by atoms with E-state index in [-0.39, 0.29) is 12.8 Å². The van der Waals surface area contributed by atoms with Gasteiger partial charge in [0, 0.05) is 12.6 Å². The van der Waals surface area contributed by atoms with Gasteiger partial charge in [0.05, 0.1) is 11.4 Å². The molecular weight excluding hydrogens is 268 g/mol. The highest BCUT2D eigenvalue weighted by Crippen LogP contribution is 2.30. The molecule has 0 aliphatic carbocycles. The number of imide groups is 1. The second kappa shape index (κ2) is 5.83. The number of rotatable bonds is 4. The smallest absolute Gasteiger partial charge is 0.330 e. The molecule has 0 bridgehead atoms. The van der Waals surface area contributed by atoms with Crippen molar-refractivity contribution in [3.05, 3.63) is 24.4 Å². The molecule has 2 rings (SSSR count). The van der Waals surface area contributed by atoms with Crippen molar-refractivity contribution < 1.29 is 19.2 Å². The zero-order chi connectivity index (χ0) is 13.8. The standard InChI is InChI=1S/C12H12N2O4S/c1-2-11(16)18-14-10(15)7-8(12(14)17)19-9-5-3-4-6-13-9/h3-6,8H,2,7H2,1H3. The quantitative estimate of drug-likeness (QED) is 0.770. The summed E-state index contributed by atoms with van der Waals surface area (Å²) in [6.45, 7) is 1.59. The summed E-state index contributed by atoms with van der Waals surface area (Å²) >= 11 is 1.19. The number of hydrogen-bond donors (Lipinski definition) is 0. The molecule has 1 aromatic rings. The Kier molecular flexibility index (Phi) is 4.16. The number of hydrogen-bond acceptors (Lipinski definition) is 6. The highest BCUT2D eigenvalue weighted by atomic mass is 32.2. The molecule has 2 heterocycles. The predicted octanol–water partition coefficient (Wildman–Crippen LogP) is 1.17. The van der Waals surface area contributed by atoms with E-state index >= 15 is 0 Å². The van der Waals surface area contributed by atoms with E-state index in [1.165, 1.54) is 11.8 Å². The van der Waals surface area contributed by atoms with Crippen LogP contribution in [0.3, 0.4) is 0 Å². The predicted molar refractivity (Wildman–Crippen MR) is 66.7 cm³/mol. The van der Waals surface area contributed by atoms with Gasteiger partial charge in [0.1, 0.15) is 5.25 Å². The van der Waals surface area contributed by atoms with Crippen LogP contribution >= 0.6 is 11.8 Å². The van der Waals surface area contributed by atoms with Gasteiger partial charge in [0.25, 0.3) is 11.8 Å². The largest absolute Gasteiger partial charge is 0.332 e. The van der Waals surface area contributed by atoms with Crippen LogP contribution in [0.15, 0.2) is 29.4 Å². The molecule has 0 saturated carbocycles. The number of carbonyl (C=O) groups is 3. The van der Waals surface area contributed by atoms with Crippen LogP contribution < -0.4 is 0 Å². The third kappa shape index (κ3) is 3.11. The Labute approximate surface area is 114 Å². The fraction of sp³-hybridized carbons (Fsp3) is 0.333. The van der Waals surface area contributed by atoms with Crippen LogP contribution in [0.5, 0.6) is 0 Å². The van der Waals surface area contributed by atoms with Crippen molar-refractivity contribution in [2.75, 3.05) is 0 Å². The molecule has 6 nitrogen and oxygen atoms in total. The van der Waals surface area contributed by atoms with E-state index in [1.807, 2.05) is 0 Å². The van der Waals surface area contributed by atoms with Crippen LogP contribution in [0.25, 0.3) is 0 Å². The maximum Gasteiger partial charge on any atom is 0.332 e. The van der Waals surface area contributed by atoms with E-state index in [4.69, 9.17) is 4.84 Å². The summed E-state index contributed by atoms with van der Waals surface area (Å²) in [7, 11) is 0. The van der Waals surface area contributed by atoms with Gasteiger partial charge in [-0.1, -0.05) is 24.8 Å². The Balaban J connectivity index is 2.04. The summed E-state index contributed by atoms with van der Waals surface area (Å²) in [4.78, 5) is 43.5. The average Bonchev–Trinajstić information content (AvgIpc) is 2.67. The molecular formula is C12H12N2O4S. The maximum atomic E-state index is 12.0. The number of carbonyl (C=O) groups excluding carboxylic acids is 3. The topological polar surface area (TPSA) is 76.6 Å². The molecule has 1 fully saturated rings. The van der Waals surface area contributed by atoms with Gasteiger partial charge in [-0.05, 0) is 12.1 Å². The van der Waals surface area contributed by atoms with Gasteiger partial charge in [-0.3, -0.25) is 9.59 Å². The zero-order valence-corrected chi connectivity index (χ0v) is 11.1. The van der Waals surface area contributed by atoms with Gasteiger partial charge in [-0.25, -0.2) is 9.78 Å². The Hall–Kier alpha value is -1.89. The molecule has 1 aliphatic heterocycles.